The van der Waals surface area contributed by atoms with Crippen LogP contribution in [0, 0.1) is 0 Å². The summed E-state index contributed by atoms with van der Waals surface area (Å²) in [5, 5.41) is 1.18. The van der Waals surface area contributed by atoms with E-state index in [0.29, 0.717) is 13.1 Å². The number of rotatable bonds is 6. The molecule has 7 heteroatoms. The quantitative estimate of drug-likeness (QED) is 0.315. The van der Waals surface area contributed by atoms with Gasteiger partial charge >= 0.3 is 6.09 Å². The molecule has 5 nitrogen and oxygen atoms in total. The molecular weight excluding hydrogens is 522 g/mol. The van der Waals surface area contributed by atoms with Crippen LogP contribution in [0.3, 0.4) is 0 Å². The van der Waals surface area contributed by atoms with E-state index in [1.165, 1.54) is 16.7 Å². The van der Waals surface area contributed by atoms with Crippen molar-refractivity contribution in [2.75, 3.05) is 26.2 Å². The Bertz CT molecular complexity index is 1110. The molecule has 1 aromatic heterocycles. The fourth-order valence-electron chi connectivity index (χ4n) is 4.01. The molecule has 1 fully saturated rings. The van der Waals surface area contributed by atoms with Gasteiger partial charge in [-0.3, -0.25) is 4.90 Å². The number of benzene rings is 2. The van der Waals surface area contributed by atoms with Crippen molar-refractivity contribution in [1.82, 2.24) is 14.8 Å². The van der Waals surface area contributed by atoms with Gasteiger partial charge in [0, 0.05) is 43.4 Å². The topological polar surface area (TPSA) is 45.7 Å². The van der Waals surface area contributed by atoms with Crippen LogP contribution < -0.4 is 0 Å². The van der Waals surface area contributed by atoms with E-state index >= 15 is 0 Å². The summed E-state index contributed by atoms with van der Waals surface area (Å²) in [6, 6.07) is 23.3. The van der Waals surface area contributed by atoms with Crippen LogP contribution in [0.15, 0.2) is 82.4 Å². The maximum absolute atomic E-state index is 12.4. The smallest absolute Gasteiger partial charge is 0.410 e. The molecule has 0 aliphatic carbocycles. The van der Waals surface area contributed by atoms with Gasteiger partial charge in [0.2, 0.25) is 0 Å². The monoisotopic (exact) mass is 553 g/mol. The lowest BCUT2D eigenvalue weighted by molar-refractivity contribution is 0.0138. The molecule has 1 saturated heterocycles. The van der Waals surface area contributed by atoms with Gasteiger partial charge in [-0.25, -0.2) is 9.78 Å². The number of pyridine rings is 1. The molecule has 3 aromatic rings. The van der Waals surface area contributed by atoms with Crippen molar-refractivity contribution < 1.29 is 9.53 Å². The highest BCUT2D eigenvalue weighted by atomic mass is 79.9. The van der Waals surface area contributed by atoms with Gasteiger partial charge in [-0.1, -0.05) is 76.2 Å². The molecule has 1 aliphatic rings. The summed E-state index contributed by atoms with van der Waals surface area (Å²) in [7, 11) is 0. The molecule has 0 radical (unpaired) electrons. The van der Waals surface area contributed by atoms with Crippen molar-refractivity contribution in [2.45, 2.75) is 43.2 Å². The number of halogens is 1. The maximum Gasteiger partial charge on any atom is 0.410 e. The lowest BCUT2D eigenvalue weighted by atomic mass is 10.0. The van der Waals surface area contributed by atoms with E-state index in [4.69, 9.17) is 9.72 Å². The fraction of sp³-hybridized carbons (Fsp3) is 0.357. The minimum atomic E-state index is -0.472. The van der Waals surface area contributed by atoms with E-state index in [1.54, 1.807) is 16.7 Å². The molecule has 2 aromatic carbocycles. The molecule has 0 saturated carbocycles. The summed E-state index contributed by atoms with van der Waals surface area (Å²) in [5.41, 5.74) is 3.23. The van der Waals surface area contributed by atoms with Gasteiger partial charge in [-0.05, 0) is 55.7 Å². The highest BCUT2D eigenvalue weighted by molar-refractivity contribution is 9.10. The molecule has 0 spiro atoms. The Morgan fingerprint density at radius 3 is 2.29 bits per heavy atom. The van der Waals surface area contributed by atoms with Crippen LogP contribution in [0.5, 0.6) is 0 Å². The number of carbonyl (C=O) groups excluding carboxylic acids is 1. The zero-order chi connectivity index (χ0) is 24.8. The number of nitrogens with zero attached hydrogens (tertiary/aromatic N) is 3. The predicted octanol–water partition coefficient (Wildman–Crippen LogP) is 6.78. The SMILES string of the molecule is CC(C)(C)OC(=O)N1CCN(Cc2cccnc2SC(c2ccccc2)c2ccc(Br)cc2)CC1. The highest BCUT2D eigenvalue weighted by Crippen LogP contribution is 2.41. The maximum atomic E-state index is 12.4. The Labute approximate surface area is 221 Å². The Kier molecular flexibility index (Phi) is 8.52. The number of aromatic nitrogens is 1. The third kappa shape index (κ3) is 7.32. The predicted molar refractivity (Wildman–Crippen MR) is 146 cm³/mol. The first-order valence-corrected chi connectivity index (χ1v) is 13.6. The summed E-state index contributed by atoms with van der Waals surface area (Å²) in [5.74, 6) is 0. The average molecular weight is 555 g/mol. The molecule has 1 aliphatic heterocycles. The number of amides is 1. The van der Waals surface area contributed by atoms with Gasteiger partial charge in [0.05, 0.1) is 5.25 Å². The second-order valence-corrected chi connectivity index (χ2v) is 11.7. The zero-order valence-corrected chi connectivity index (χ0v) is 22.9. The number of hydrogen-bond donors (Lipinski definition) is 0. The minimum Gasteiger partial charge on any atom is -0.444 e. The van der Waals surface area contributed by atoms with Gasteiger partial charge in [0.15, 0.2) is 0 Å². The van der Waals surface area contributed by atoms with Crippen LogP contribution >= 0.6 is 27.7 Å². The van der Waals surface area contributed by atoms with Gasteiger partial charge in [0.25, 0.3) is 0 Å². The van der Waals surface area contributed by atoms with Gasteiger partial charge in [-0.2, -0.15) is 0 Å². The second-order valence-electron chi connectivity index (χ2n) is 9.67. The van der Waals surface area contributed by atoms with Crippen LogP contribution in [-0.4, -0.2) is 52.7 Å². The van der Waals surface area contributed by atoms with Crippen molar-refractivity contribution in [3.63, 3.8) is 0 Å². The molecular formula is C28H32BrN3O2S. The molecule has 0 bridgehead atoms. The molecule has 184 valence electrons. The second kappa shape index (κ2) is 11.6. The molecule has 35 heavy (non-hydrogen) atoms. The van der Waals surface area contributed by atoms with E-state index in [0.717, 1.165) is 29.1 Å². The Morgan fingerprint density at radius 2 is 1.63 bits per heavy atom. The van der Waals surface area contributed by atoms with Crippen LogP contribution in [0.25, 0.3) is 0 Å². The Morgan fingerprint density at radius 1 is 0.971 bits per heavy atom. The number of piperazine rings is 1. The highest BCUT2D eigenvalue weighted by Gasteiger charge is 2.26. The van der Waals surface area contributed by atoms with E-state index < -0.39 is 5.60 Å². The number of carbonyl (C=O) groups is 1. The fourth-order valence-corrected chi connectivity index (χ4v) is 5.49. The van der Waals surface area contributed by atoms with Crippen molar-refractivity contribution in [1.29, 1.82) is 0 Å². The molecule has 2 heterocycles. The standard InChI is InChI=1S/C28H32BrN3O2S/c1-28(2,3)34-27(33)32-18-16-31(17-19-32)20-23-10-7-15-30-26(23)35-25(21-8-5-4-6-9-21)22-11-13-24(29)14-12-22/h4-15,25H,16-20H2,1-3H3. The van der Waals surface area contributed by atoms with E-state index in [2.05, 4.69) is 81.5 Å². The Balaban J connectivity index is 1.47. The summed E-state index contributed by atoms with van der Waals surface area (Å²) in [4.78, 5) is 21.4. The minimum absolute atomic E-state index is 0.141. The van der Waals surface area contributed by atoms with E-state index in [9.17, 15) is 4.79 Å². The molecule has 1 atom stereocenters. The summed E-state index contributed by atoms with van der Waals surface area (Å²) >= 11 is 5.34. The first kappa shape index (κ1) is 25.7. The van der Waals surface area contributed by atoms with Crippen molar-refractivity contribution in [2.24, 2.45) is 0 Å². The largest absolute Gasteiger partial charge is 0.444 e. The van der Waals surface area contributed by atoms with Crippen LogP contribution in [0.4, 0.5) is 4.79 Å². The average Bonchev–Trinajstić information content (AvgIpc) is 2.84. The Hall–Kier alpha value is -2.35. The van der Waals surface area contributed by atoms with Crippen LogP contribution in [0.1, 0.15) is 42.7 Å². The van der Waals surface area contributed by atoms with Crippen molar-refractivity contribution >= 4 is 33.8 Å². The van der Waals surface area contributed by atoms with Gasteiger partial charge < -0.3 is 9.64 Å². The third-order valence-corrected chi connectivity index (χ3v) is 7.67. The van der Waals surface area contributed by atoms with Gasteiger partial charge in [0.1, 0.15) is 10.6 Å². The van der Waals surface area contributed by atoms with Crippen LogP contribution in [0.2, 0.25) is 0 Å². The number of thioether (sulfide) groups is 1. The van der Waals surface area contributed by atoms with E-state index in [-0.39, 0.29) is 11.3 Å². The summed E-state index contributed by atoms with van der Waals surface area (Å²) in [6.07, 6.45) is 1.64. The number of ether oxygens (including phenoxy) is 1. The van der Waals surface area contributed by atoms with E-state index in [1.807, 2.05) is 33.0 Å². The van der Waals surface area contributed by atoms with Crippen molar-refractivity contribution in [3.8, 4) is 0 Å². The first-order valence-electron chi connectivity index (χ1n) is 11.9. The zero-order valence-electron chi connectivity index (χ0n) is 20.5. The lowest BCUT2D eigenvalue weighted by Gasteiger charge is -2.35. The first-order chi connectivity index (χ1) is 16.8. The molecule has 1 unspecified atom stereocenters. The molecule has 4 rings (SSSR count). The normalized spacial score (nSPS) is 15.6. The van der Waals surface area contributed by atoms with Crippen molar-refractivity contribution in [3.05, 3.63) is 94.1 Å². The third-order valence-electron chi connectivity index (χ3n) is 5.77. The molecule has 0 N–H and O–H groups in total. The number of hydrogen-bond acceptors (Lipinski definition) is 5. The molecule has 1 amide bonds. The van der Waals surface area contributed by atoms with Gasteiger partial charge in [-0.15, -0.1) is 0 Å². The van der Waals surface area contributed by atoms with Crippen LogP contribution in [-0.2, 0) is 11.3 Å². The lowest BCUT2D eigenvalue weighted by Crippen LogP contribution is -2.49. The summed E-state index contributed by atoms with van der Waals surface area (Å²) < 4.78 is 6.61. The summed E-state index contributed by atoms with van der Waals surface area (Å²) in [6.45, 7) is 9.48.